The molecule has 0 aliphatic carbocycles. The molecule has 1 aliphatic rings. The maximum atomic E-state index is 5.93. The first-order valence-electron chi connectivity index (χ1n) is 7.53. The van der Waals surface area contributed by atoms with Crippen molar-refractivity contribution in [2.45, 2.75) is 38.4 Å². The monoisotopic (exact) mass is 358 g/mol. The molecule has 0 aromatic carbocycles. The van der Waals surface area contributed by atoms with Crippen molar-refractivity contribution in [3.05, 3.63) is 16.4 Å². The number of likely N-dealkylation sites (N-methyl/N-ethyl adjacent to an activating group) is 2. The summed E-state index contributed by atoms with van der Waals surface area (Å²) < 4.78 is 3.06. The van der Waals surface area contributed by atoms with E-state index in [0.717, 1.165) is 29.8 Å². The van der Waals surface area contributed by atoms with Gasteiger partial charge < -0.3 is 9.80 Å². The van der Waals surface area contributed by atoms with Crippen molar-refractivity contribution in [2.24, 2.45) is 5.84 Å². The molecule has 1 aromatic heterocycles. The van der Waals surface area contributed by atoms with Crippen molar-refractivity contribution in [3.63, 3.8) is 0 Å². The zero-order valence-corrected chi connectivity index (χ0v) is 15.0. The van der Waals surface area contributed by atoms with Crippen LogP contribution in [0.1, 0.15) is 38.0 Å². The van der Waals surface area contributed by atoms with E-state index in [-0.39, 0.29) is 6.04 Å². The van der Waals surface area contributed by atoms with E-state index >= 15 is 0 Å². The van der Waals surface area contributed by atoms with Crippen molar-refractivity contribution >= 4 is 15.9 Å². The van der Waals surface area contributed by atoms with Gasteiger partial charge in [-0.25, -0.2) is 5.43 Å². The zero-order chi connectivity index (χ0) is 15.6. The zero-order valence-electron chi connectivity index (χ0n) is 13.4. The molecule has 0 saturated carbocycles. The highest BCUT2D eigenvalue weighted by Crippen LogP contribution is 2.30. The molecule has 0 amide bonds. The van der Waals surface area contributed by atoms with Crippen molar-refractivity contribution in [1.82, 2.24) is 25.0 Å². The quantitative estimate of drug-likeness (QED) is 0.628. The van der Waals surface area contributed by atoms with Gasteiger partial charge in [-0.3, -0.25) is 10.5 Å². The molecular formula is C14H27BrN6. The Morgan fingerprint density at radius 1 is 1.38 bits per heavy atom. The molecule has 1 aliphatic heterocycles. The highest BCUT2D eigenvalue weighted by molar-refractivity contribution is 9.10. The molecule has 120 valence electrons. The molecule has 2 unspecified atom stereocenters. The minimum atomic E-state index is 0.0369. The number of aromatic nitrogens is 2. The average molecular weight is 359 g/mol. The molecular weight excluding hydrogens is 332 g/mol. The second-order valence-electron chi connectivity index (χ2n) is 6.22. The standard InChI is InChI=1S/C14H27BrN6/c1-10(2)21-14(11(15)8-17-21)13(18-16)12-9-19(3)6-5-7-20(12)4/h8,10,12-13,18H,5-7,9,16H2,1-4H3. The Morgan fingerprint density at radius 2 is 2.10 bits per heavy atom. The average Bonchev–Trinajstić information content (AvgIpc) is 2.72. The first kappa shape index (κ1) is 16.9. The summed E-state index contributed by atoms with van der Waals surface area (Å²) in [6, 6.07) is 0.652. The van der Waals surface area contributed by atoms with Gasteiger partial charge >= 0.3 is 0 Å². The third kappa shape index (κ3) is 3.65. The van der Waals surface area contributed by atoms with Gasteiger partial charge in [-0.05, 0) is 63.4 Å². The molecule has 2 atom stereocenters. The first-order valence-corrected chi connectivity index (χ1v) is 8.32. The summed E-state index contributed by atoms with van der Waals surface area (Å²) in [5.41, 5.74) is 4.15. The normalized spacial score (nSPS) is 23.5. The Balaban J connectivity index is 2.36. The Morgan fingerprint density at radius 3 is 2.71 bits per heavy atom. The Bertz CT molecular complexity index is 460. The van der Waals surface area contributed by atoms with Gasteiger partial charge in [0.25, 0.3) is 0 Å². The maximum Gasteiger partial charge on any atom is 0.0807 e. The minimum absolute atomic E-state index is 0.0369. The Labute approximate surface area is 135 Å². The maximum absolute atomic E-state index is 5.93. The van der Waals surface area contributed by atoms with Crippen LogP contribution >= 0.6 is 15.9 Å². The molecule has 2 rings (SSSR count). The van der Waals surface area contributed by atoms with Crippen molar-refractivity contribution in [2.75, 3.05) is 33.7 Å². The second kappa shape index (κ2) is 7.19. The van der Waals surface area contributed by atoms with Gasteiger partial charge in [-0.15, -0.1) is 0 Å². The molecule has 1 fully saturated rings. The number of hydrogen-bond acceptors (Lipinski definition) is 5. The smallest absolute Gasteiger partial charge is 0.0807 e. The predicted octanol–water partition coefficient (Wildman–Crippen LogP) is 1.37. The number of nitrogens with zero attached hydrogens (tertiary/aromatic N) is 4. The Hall–Kier alpha value is -0.470. The van der Waals surface area contributed by atoms with Crippen LogP contribution in [0.3, 0.4) is 0 Å². The summed E-state index contributed by atoms with van der Waals surface area (Å²) in [5, 5.41) is 4.49. The summed E-state index contributed by atoms with van der Waals surface area (Å²) >= 11 is 3.64. The van der Waals surface area contributed by atoms with E-state index in [1.807, 2.05) is 10.9 Å². The van der Waals surface area contributed by atoms with E-state index in [9.17, 15) is 0 Å². The van der Waals surface area contributed by atoms with E-state index in [4.69, 9.17) is 5.84 Å². The molecule has 6 nitrogen and oxygen atoms in total. The fraction of sp³-hybridized carbons (Fsp3) is 0.786. The van der Waals surface area contributed by atoms with Crippen LogP contribution in [0.2, 0.25) is 0 Å². The second-order valence-corrected chi connectivity index (χ2v) is 7.08. The fourth-order valence-corrected chi connectivity index (χ4v) is 3.61. The summed E-state index contributed by atoms with van der Waals surface area (Å²) in [5.74, 6) is 5.93. The van der Waals surface area contributed by atoms with Crippen molar-refractivity contribution < 1.29 is 0 Å². The third-order valence-corrected chi connectivity index (χ3v) is 4.86. The van der Waals surface area contributed by atoms with Gasteiger partial charge in [-0.2, -0.15) is 5.10 Å². The van der Waals surface area contributed by atoms with Crippen LogP contribution in [0, 0.1) is 0 Å². The van der Waals surface area contributed by atoms with Gasteiger partial charge in [0, 0.05) is 18.6 Å². The van der Waals surface area contributed by atoms with Crippen LogP contribution in [-0.4, -0.2) is 59.4 Å². The first-order chi connectivity index (χ1) is 9.95. The van der Waals surface area contributed by atoms with Gasteiger partial charge in [-0.1, -0.05) is 0 Å². The third-order valence-electron chi connectivity index (χ3n) is 4.25. The van der Waals surface area contributed by atoms with Gasteiger partial charge in [0.05, 0.1) is 22.4 Å². The largest absolute Gasteiger partial charge is 0.305 e. The number of nitrogens with one attached hydrogen (secondary N) is 1. The predicted molar refractivity (Wildman–Crippen MR) is 88.9 cm³/mol. The highest BCUT2D eigenvalue weighted by Gasteiger charge is 2.33. The number of halogens is 1. The molecule has 21 heavy (non-hydrogen) atoms. The lowest BCUT2D eigenvalue weighted by atomic mass is 10.0. The topological polar surface area (TPSA) is 62.4 Å². The van der Waals surface area contributed by atoms with E-state index in [0.29, 0.717) is 12.1 Å². The van der Waals surface area contributed by atoms with Gasteiger partial charge in [0.2, 0.25) is 0 Å². The number of hydrazine groups is 1. The van der Waals surface area contributed by atoms with Crippen LogP contribution < -0.4 is 11.3 Å². The highest BCUT2D eigenvalue weighted by atomic mass is 79.9. The van der Waals surface area contributed by atoms with E-state index in [2.05, 4.69) is 64.2 Å². The lowest BCUT2D eigenvalue weighted by molar-refractivity contribution is 0.172. The molecule has 3 N–H and O–H groups in total. The van der Waals surface area contributed by atoms with Crippen LogP contribution in [0.5, 0.6) is 0 Å². The Kier molecular flexibility index (Phi) is 5.79. The summed E-state index contributed by atoms with van der Waals surface area (Å²) in [7, 11) is 4.35. The molecule has 0 bridgehead atoms. The summed E-state index contributed by atoms with van der Waals surface area (Å²) in [6.45, 7) is 7.48. The molecule has 1 aromatic rings. The number of hydrogen-bond donors (Lipinski definition) is 2. The van der Waals surface area contributed by atoms with Crippen LogP contribution in [0.25, 0.3) is 0 Å². The van der Waals surface area contributed by atoms with Gasteiger partial charge in [0.1, 0.15) is 0 Å². The number of nitrogens with two attached hydrogens (primary N) is 1. The van der Waals surface area contributed by atoms with E-state index < -0.39 is 0 Å². The van der Waals surface area contributed by atoms with Gasteiger partial charge in [0.15, 0.2) is 0 Å². The van der Waals surface area contributed by atoms with Crippen LogP contribution in [0.4, 0.5) is 0 Å². The van der Waals surface area contributed by atoms with Crippen LogP contribution in [0.15, 0.2) is 10.7 Å². The molecule has 2 heterocycles. The van der Waals surface area contributed by atoms with E-state index in [1.54, 1.807) is 0 Å². The SMILES string of the molecule is CC(C)n1ncc(Br)c1C(NN)C1CN(C)CCCN1C. The summed E-state index contributed by atoms with van der Waals surface area (Å²) in [6.07, 6.45) is 3.05. The van der Waals surface area contributed by atoms with Crippen molar-refractivity contribution in [3.8, 4) is 0 Å². The van der Waals surface area contributed by atoms with E-state index in [1.165, 1.54) is 6.42 Å². The minimum Gasteiger partial charge on any atom is -0.305 e. The number of rotatable bonds is 4. The molecule has 1 saturated heterocycles. The van der Waals surface area contributed by atoms with Crippen LogP contribution in [-0.2, 0) is 0 Å². The lowest BCUT2D eigenvalue weighted by Gasteiger charge is -2.35. The summed E-state index contributed by atoms with van der Waals surface area (Å²) in [4.78, 5) is 4.78. The molecule has 0 spiro atoms. The fourth-order valence-electron chi connectivity index (χ4n) is 3.09. The lowest BCUT2D eigenvalue weighted by Crippen LogP contribution is -2.49. The molecule has 0 radical (unpaired) electrons. The molecule has 7 heteroatoms. The van der Waals surface area contributed by atoms with Crippen molar-refractivity contribution in [1.29, 1.82) is 0 Å².